The molecular weight excluding hydrogens is 290 g/mol. The molecule has 1 heterocycles. The number of hydrogen-bond donors (Lipinski definition) is 1. The maximum absolute atomic E-state index is 12.2. The van der Waals surface area contributed by atoms with E-state index >= 15 is 0 Å². The average Bonchev–Trinajstić information content (AvgIpc) is 2.68. The maximum atomic E-state index is 12.2. The lowest BCUT2D eigenvalue weighted by molar-refractivity contribution is -0.122. The molecule has 23 heavy (non-hydrogen) atoms. The minimum atomic E-state index is -0.237. The van der Waals surface area contributed by atoms with Crippen molar-refractivity contribution < 1.29 is 4.79 Å². The number of carbonyl (C=O) groups excluding carboxylic acids is 1. The molecular formula is C18H29N3O2. The van der Waals surface area contributed by atoms with Crippen molar-refractivity contribution in [3.05, 3.63) is 28.2 Å². The fourth-order valence-electron chi connectivity index (χ4n) is 3.39. The predicted octanol–water partition coefficient (Wildman–Crippen LogP) is 2.66. The number of hydrogen-bond acceptors (Lipinski definition) is 3. The highest BCUT2D eigenvalue weighted by atomic mass is 16.2. The zero-order chi connectivity index (χ0) is 17.0. The first-order chi connectivity index (χ1) is 10.8. The first-order valence-corrected chi connectivity index (χ1v) is 8.60. The fourth-order valence-corrected chi connectivity index (χ4v) is 3.39. The summed E-state index contributed by atoms with van der Waals surface area (Å²) in [5.41, 5.74) is 0.830. The predicted molar refractivity (Wildman–Crippen MR) is 91.2 cm³/mol. The molecule has 1 aromatic heterocycles. The highest BCUT2D eigenvalue weighted by Crippen LogP contribution is 2.36. The minimum Gasteiger partial charge on any atom is -0.352 e. The van der Waals surface area contributed by atoms with Gasteiger partial charge in [-0.15, -0.1) is 0 Å². The molecule has 5 heteroatoms. The van der Waals surface area contributed by atoms with Crippen LogP contribution in [-0.2, 0) is 11.3 Å². The third-order valence-electron chi connectivity index (χ3n) is 4.85. The van der Waals surface area contributed by atoms with Gasteiger partial charge in [-0.1, -0.05) is 27.2 Å². The Balaban J connectivity index is 1.90. The molecule has 1 fully saturated rings. The molecule has 128 valence electrons. The fraction of sp³-hybridized carbons (Fsp3) is 0.722. The van der Waals surface area contributed by atoms with Crippen molar-refractivity contribution in [3.8, 4) is 0 Å². The molecule has 0 bridgehead atoms. The molecule has 1 amide bonds. The Morgan fingerprint density at radius 2 is 2.00 bits per heavy atom. The Hall–Kier alpha value is -1.65. The van der Waals surface area contributed by atoms with Gasteiger partial charge in [0.15, 0.2) is 0 Å². The number of rotatable bonds is 3. The van der Waals surface area contributed by atoms with E-state index in [2.05, 4.69) is 31.2 Å². The largest absolute Gasteiger partial charge is 0.352 e. The lowest BCUT2D eigenvalue weighted by atomic mass is 9.76. The number of nitrogens with one attached hydrogen (secondary N) is 1. The zero-order valence-corrected chi connectivity index (χ0v) is 14.8. The number of aromatic nitrogens is 2. The van der Waals surface area contributed by atoms with Crippen LogP contribution < -0.4 is 10.9 Å². The molecule has 1 aliphatic carbocycles. The van der Waals surface area contributed by atoms with Crippen LogP contribution in [0.25, 0.3) is 0 Å². The summed E-state index contributed by atoms with van der Waals surface area (Å²) in [6, 6.07) is 3.33. The molecule has 0 spiro atoms. The van der Waals surface area contributed by atoms with Crippen molar-refractivity contribution in [2.24, 2.45) is 11.3 Å². The Morgan fingerprint density at radius 1 is 1.26 bits per heavy atom. The van der Waals surface area contributed by atoms with Gasteiger partial charge in [0, 0.05) is 12.1 Å². The summed E-state index contributed by atoms with van der Waals surface area (Å²) in [6.45, 7) is 8.71. The van der Waals surface area contributed by atoms with Crippen molar-refractivity contribution in [2.75, 3.05) is 0 Å². The summed E-state index contributed by atoms with van der Waals surface area (Å²) >= 11 is 0. The first kappa shape index (κ1) is 17.7. The van der Waals surface area contributed by atoms with E-state index < -0.39 is 0 Å². The SMILES string of the molecule is Cc1ccc(=O)n(CC(=O)N[C@@H]2CCC[C@H](C(C)(C)C)CC2)n1. The summed E-state index contributed by atoms with van der Waals surface area (Å²) in [5, 5.41) is 7.20. The monoisotopic (exact) mass is 319 g/mol. The topological polar surface area (TPSA) is 64.0 Å². The number of nitrogens with zero attached hydrogens (tertiary/aromatic N) is 2. The molecule has 5 nitrogen and oxygen atoms in total. The molecule has 0 radical (unpaired) electrons. The van der Waals surface area contributed by atoms with Crippen LogP contribution in [0.1, 0.15) is 58.6 Å². The van der Waals surface area contributed by atoms with E-state index in [-0.39, 0.29) is 24.1 Å². The van der Waals surface area contributed by atoms with Gasteiger partial charge < -0.3 is 5.32 Å². The summed E-state index contributed by atoms with van der Waals surface area (Å²) in [6.07, 6.45) is 5.57. The quantitative estimate of drug-likeness (QED) is 0.871. The van der Waals surface area contributed by atoms with Crippen molar-refractivity contribution >= 4 is 5.91 Å². The van der Waals surface area contributed by atoms with Crippen LogP contribution >= 0.6 is 0 Å². The van der Waals surface area contributed by atoms with Gasteiger partial charge in [-0.2, -0.15) is 5.10 Å². The highest BCUT2D eigenvalue weighted by molar-refractivity contribution is 5.75. The molecule has 0 aliphatic heterocycles. The van der Waals surface area contributed by atoms with Gasteiger partial charge in [-0.25, -0.2) is 4.68 Å². The molecule has 0 unspecified atom stereocenters. The van der Waals surface area contributed by atoms with Gasteiger partial charge in [0.25, 0.3) is 5.56 Å². The van der Waals surface area contributed by atoms with Crippen LogP contribution in [0.2, 0.25) is 0 Å². The zero-order valence-electron chi connectivity index (χ0n) is 14.8. The van der Waals surface area contributed by atoms with E-state index in [9.17, 15) is 9.59 Å². The number of carbonyl (C=O) groups is 1. The van der Waals surface area contributed by atoms with Crippen LogP contribution in [-0.4, -0.2) is 21.7 Å². The van der Waals surface area contributed by atoms with Gasteiger partial charge in [-0.3, -0.25) is 9.59 Å². The van der Waals surface area contributed by atoms with Crippen LogP contribution in [0.3, 0.4) is 0 Å². The van der Waals surface area contributed by atoms with Crippen molar-refractivity contribution in [3.63, 3.8) is 0 Å². The van der Waals surface area contributed by atoms with Gasteiger partial charge >= 0.3 is 0 Å². The van der Waals surface area contributed by atoms with Crippen LogP contribution in [0.15, 0.2) is 16.9 Å². The molecule has 2 atom stereocenters. The van der Waals surface area contributed by atoms with E-state index in [1.807, 2.05) is 6.92 Å². The number of aryl methyl sites for hydroxylation is 1. The molecule has 1 aliphatic rings. The Labute approximate surface area is 138 Å². The molecule has 0 saturated heterocycles. The highest BCUT2D eigenvalue weighted by Gasteiger charge is 2.28. The number of amides is 1. The maximum Gasteiger partial charge on any atom is 0.267 e. The van der Waals surface area contributed by atoms with Crippen molar-refractivity contribution in [1.82, 2.24) is 15.1 Å². The lowest BCUT2D eigenvalue weighted by Crippen LogP contribution is -2.39. The van der Waals surface area contributed by atoms with Gasteiger partial charge in [0.05, 0.1) is 5.69 Å². The average molecular weight is 319 g/mol. The standard InChI is InChI=1S/C18H29N3O2/c1-13-8-11-17(23)21(20-13)12-16(22)19-15-7-5-6-14(9-10-15)18(2,3)4/h8,11,14-15H,5-7,9-10,12H2,1-4H3,(H,19,22)/t14-,15+/m0/s1. The smallest absolute Gasteiger partial charge is 0.267 e. The van der Waals surface area contributed by atoms with E-state index in [0.717, 1.165) is 31.4 Å². The second kappa shape index (κ2) is 7.28. The van der Waals surface area contributed by atoms with Crippen molar-refractivity contribution in [2.45, 2.75) is 72.4 Å². The van der Waals surface area contributed by atoms with E-state index in [0.29, 0.717) is 11.3 Å². The lowest BCUT2D eigenvalue weighted by Gasteiger charge is -2.29. The summed E-state index contributed by atoms with van der Waals surface area (Å²) in [4.78, 5) is 24.0. The Bertz CT molecular complexity index is 601. The van der Waals surface area contributed by atoms with Crippen LogP contribution in [0.5, 0.6) is 0 Å². The van der Waals surface area contributed by atoms with Gasteiger partial charge in [0.1, 0.15) is 6.54 Å². The van der Waals surface area contributed by atoms with Crippen LogP contribution in [0.4, 0.5) is 0 Å². The summed E-state index contributed by atoms with van der Waals surface area (Å²) in [5.74, 6) is 0.592. The van der Waals surface area contributed by atoms with E-state index in [1.54, 1.807) is 6.07 Å². The van der Waals surface area contributed by atoms with Crippen molar-refractivity contribution in [1.29, 1.82) is 0 Å². The van der Waals surface area contributed by atoms with Crippen LogP contribution in [0, 0.1) is 18.3 Å². The molecule has 1 saturated carbocycles. The first-order valence-electron chi connectivity index (χ1n) is 8.60. The normalized spacial score (nSPS) is 22.4. The molecule has 1 N–H and O–H groups in total. The molecule has 0 aromatic carbocycles. The summed E-state index contributed by atoms with van der Waals surface area (Å²) < 4.78 is 1.24. The third kappa shape index (κ3) is 5.19. The van der Waals surface area contributed by atoms with E-state index in [4.69, 9.17) is 0 Å². The summed E-state index contributed by atoms with van der Waals surface area (Å²) in [7, 11) is 0. The molecule has 2 rings (SSSR count). The second-order valence-corrected chi connectivity index (χ2v) is 7.81. The van der Waals surface area contributed by atoms with Gasteiger partial charge in [-0.05, 0) is 50.0 Å². The van der Waals surface area contributed by atoms with E-state index in [1.165, 1.54) is 17.2 Å². The molecule has 1 aromatic rings. The second-order valence-electron chi connectivity index (χ2n) is 7.81. The Kier molecular flexibility index (Phi) is 5.60. The minimum absolute atomic E-state index is 0.000285. The Morgan fingerprint density at radius 3 is 2.70 bits per heavy atom. The third-order valence-corrected chi connectivity index (χ3v) is 4.85. The van der Waals surface area contributed by atoms with Gasteiger partial charge in [0.2, 0.25) is 5.91 Å².